The van der Waals surface area contributed by atoms with Crippen molar-refractivity contribution in [2.75, 3.05) is 32.9 Å². The molecule has 5 nitrogen and oxygen atoms in total. The van der Waals surface area contributed by atoms with Crippen LogP contribution in [-0.4, -0.2) is 43.0 Å². The highest BCUT2D eigenvalue weighted by Crippen LogP contribution is 2.14. The van der Waals surface area contributed by atoms with Crippen molar-refractivity contribution in [1.29, 1.82) is 0 Å². The van der Waals surface area contributed by atoms with Crippen molar-refractivity contribution in [2.45, 2.75) is 6.42 Å². The standard InChI is InChI=1S/C11H17ClN4O/c1-16(2)5-3-4-14-11(17)8-6-10(12)15-7-9(8)13/h6-7H,3-5,13H2,1-2H3,(H,14,17). The number of pyridine rings is 1. The zero-order valence-electron chi connectivity index (χ0n) is 10.0. The molecule has 0 atom stereocenters. The Hall–Kier alpha value is -1.33. The van der Waals surface area contributed by atoms with E-state index in [-0.39, 0.29) is 11.1 Å². The molecule has 0 saturated carbocycles. The van der Waals surface area contributed by atoms with Crippen molar-refractivity contribution in [3.63, 3.8) is 0 Å². The predicted octanol–water partition coefficient (Wildman–Crippen LogP) is 0.999. The van der Waals surface area contributed by atoms with Gasteiger partial charge in [0.15, 0.2) is 0 Å². The molecule has 1 amide bonds. The lowest BCUT2D eigenvalue weighted by Gasteiger charge is -2.10. The lowest BCUT2D eigenvalue weighted by Crippen LogP contribution is -2.27. The zero-order chi connectivity index (χ0) is 12.8. The number of aromatic nitrogens is 1. The molecule has 1 aromatic rings. The largest absolute Gasteiger partial charge is 0.397 e. The van der Waals surface area contributed by atoms with Crippen LogP contribution in [-0.2, 0) is 0 Å². The second kappa shape index (κ2) is 6.42. The Kier molecular flexibility index (Phi) is 5.18. The number of carbonyl (C=O) groups excluding carboxylic acids is 1. The molecule has 0 spiro atoms. The van der Waals surface area contributed by atoms with E-state index in [4.69, 9.17) is 17.3 Å². The first-order chi connectivity index (χ1) is 8.00. The van der Waals surface area contributed by atoms with Crippen molar-refractivity contribution >= 4 is 23.2 Å². The third-order valence-corrected chi connectivity index (χ3v) is 2.42. The summed E-state index contributed by atoms with van der Waals surface area (Å²) in [6, 6.07) is 1.47. The molecular formula is C11H17ClN4O. The second-order valence-electron chi connectivity index (χ2n) is 4.01. The first kappa shape index (κ1) is 13.7. The van der Waals surface area contributed by atoms with Gasteiger partial charge < -0.3 is 16.0 Å². The highest BCUT2D eigenvalue weighted by Gasteiger charge is 2.10. The number of nitrogens with two attached hydrogens (primary N) is 1. The van der Waals surface area contributed by atoms with Crippen LogP contribution < -0.4 is 11.1 Å². The molecule has 0 saturated heterocycles. The van der Waals surface area contributed by atoms with Gasteiger partial charge in [-0.05, 0) is 33.1 Å². The molecule has 0 aliphatic carbocycles. The van der Waals surface area contributed by atoms with E-state index in [9.17, 15) is 4.79 Å². The summed E-state index contributed by atoms with van der Waals surface area (Å²) in [5, 5.41) is 3.05. The van der Waals surface area contributed by atoms with Gasteiger partial charge in [0.25, 0.3) is 5.91 Å². The number of hydrogen-bond acceptors (Lipinski definition) is 4. The molecule has 1 heterocycles. The van der Waals surface area contributed by atoms with Gasteiger partial charge in [0.05, 0.1) is 17.4 Å². The predicted molar refractivity (Wildman–Crippen MR) is 69.2 cm³/mol. The fourth-order valence-electron chi connectivity index (χ4n) is 1.33. The van der Waals surface area contributed by atoms with Crippen molar-refractivity contribution in [1.82, 2.24) is 15.2 Å². The molecule has 0 unspecified atom stereocenters. The van der Waals surface area contributed by atoms with Crippen LogP contribution in [0.2, 0.25) is 5.15 Å². The van der Waals surface area contributed by atoms with Gasteiger partial charge in [-0.1, -0.05) is 11.6 Å². The number of rotatable bonds is 5. The second-order valence-corrected chi connectivity index (χ2v) is 4.39. The topological polar surface area (TPSA) is 71.2 Å². The van der Waals surface area contributed by atoms with Crippen LogP contribution in [0.3, 0.4) is 0 Å². The number of anilines is 1. The van der Waals surface area contributed by atoms with E-state index in [1.807, 2.05) is 14.1 Å². The number of halogens is 1. The quantitative estimate of drug-likeness (QED) is 0.609. The first-order valence-corrected chi connectivity index (χ1v) is 5.72. The smallest absolute Gasteiger partial charge is 0.253 e. The summed E-state index contributed by atoms with van der Waals surface area (Å²) in [6.07, 6.45) is 2.27. The maximum Gasteiger partial charge on any atom is 0.253 e. The van der Waals surface area contributed by atoms with E-state index in [2.05, 4.69) is 15.2 Å². The Bertz CT molecular complexity index is 395. The fourth-order valence-corrected chi connectivity index (χ4v) is 1.49. The lowest BCUT2D eigenvalue weighted by atomic mass is 10.2. The number of nitrogens with zero attached hydrogens (tertiary/aromatic N) is 2. The van der Waals surface area contributed by atoms with E-state index in [0.717, 1.165) is 13.0 Å². The SMILES string of the molecule is CN(C)CCCNC(=O)c1cc(Cl)ncc1N. The molecule has 1 aromatic heterocycles. The van der Waals surface area contributed by atoms with E-state index < -0.39 is 0 Å². The number of nitrogens with one attached hydrogen (secondary N) is 1. The van der Waals surface area contributed by atoms with Gasteiger partial charge in [0.2, 0.25) is 0 Å². The summed E-state index contributed by atoms with van der Waals surface area (Å²) in [7, 11) is 3.98. The van der Waals surface area contributed by atoms with Crippen LogP contribution in [0.25, 0.3) is 0 Å². The van der Waals surface area contributed by atoms with Gasteiger partial charge in [0.1, 0.15) is 5.15 Å². The average molecular weight is 257 g/mol. The summed E-state index contributed by atoms with van der Waals surface area (Å²) >= 11 is 5.71. The monoisotopic (exact) mass is 256 g/mol. The van der Waals surface area contributed by atoms with Crippen molar-refractivity contribution in [2.24, 2.45) is 0 Å². The molecule has 6 heteroatoms. The summed E-state index contributed by atoms with van der Waals surface area (Å²) in [5.41, 5.74) is 6.36. The normalized spacial score (nSPS) is 10.6. The molecule has 0 bridgehead atoms. The van der Waals surface area contributed by atoms with Crippen LogP contribution >= 0.6 is 11.6 Å². The Morgan fingerprint density at radius 1 is 1.59 bits per heavy atom. The number of carbonyl (C=O) groups is 1. The summed E-state index contributed by atoms with van der Waals surface area (Å²) in [6.45, 7) is 1.53. The minimum absolute atomic E-state index is 0.217. The zero-order valence-corrected chi connectivity index (χ0v) is 10.8. The molecule has 17 heavy (non-hydrogen) atoms. The minimum atomic E-state index is -0.217. The van der Waals surface area contributed by atoms with Crippen LogP contribution in [0.1, 0.15) is 16.8 Å². The van der Waals surface area contributed by atoms with Crippen LogP contribution in [0.5, 0.6) is 0 Å². The summed E-state index contributed by atoms with van der Waals surface area (Å²) < 4.78 is 0. The van der Waals surface area contributed by atoms with E-state index in [0.29, 0.717) is 17.8 Å². The number of hydrogen-bond donors (Lipinski definition) is 2. The molecule has 0 fully saturated rings. The first-order valence-electron chi connectivity index (χ1n) is 5.34. The van der Waals surface area contributed by atoms with Crippen LogP contribution in [0.15, 0.2) is 12.3 Å². The number of nitrogen functional groups attached to an aromatic ring is 1. The van der Waals surface area contributed by atoms with Crippen LogP contribution in [0.4, 0.5) is 5.69 Å². The molecule has 1 rings (SSSR count). The Morgan fingerprint density at radius 3 is 2.94 bits per heavy atom. The molecule has 0 aliphatic heterocycles. The van der Waals surface area contributed by atoms with E-state index in [1.54, 1.807) is 0 Å². The highest BCUT2D eigenvalue weighted by atomic mass is 35.5. The molecule has 0 aromatic carbocycles. The lowest BCUT2D eigenvalue weighted by molar-refractivity contribution is 0.0953. The van der Waals surface area contributed by atoms with Gasteiger partial charge in [0, 0.05) is 6.54 Å². The van der Waals surface area contributed by atoms with Crippen molar-refractivity contribution in [3.8, 4) is 0 Å². The van der Waals surface area contributed by atoms with Crippen LogP contribution in [0, 0.1) is 0 Å². The third-order valence-electron chi connectivity index (χ3n) is 2.21. The molecule has 0 radical (unpaired) electrons. The minimum Gasteiger partial charge on any atom is -0.397 e. The third kappa shape index (κ3) is 4.58. The summed E-state index contributed by atoms with van der Waals surface area (Å²) in [5.74, 6) is -0.217. The summed E-state index contributed by atoms with van der Waals surface area (Å²) in [4.78, 5) is 17.6. The molecule has 3 N–H and O–H groups in total. The molecule has 0 aliphatic rings. The average Bonchev–Trinajstić information content (AvgIpc) is 2.27. The van der Waals surface area contributed by atoms with Crippen molar-refractivity contribution in [3.05, 3.63) is 23.0 Å². The Morgan fingerprint density at radius 2 is 2.29 bits per heavy atom. The maximum absolute atomic E-state index is 11.8. The molecule has 94 valence electrons. The highest BCUT2D eigenvalue weighted by molar-refractivity contribution is 6.29. The number of amides is 1. The fraction of sp³-hybridized carbons (Fsp3) is 0.455. The van der Waals surface area contributed by atoms with Crippen molar-refractivity contribution < 1.29 is 4.79 Å². The maximum atomic E-state index is 11.8. The Labute approximate surface area is 106 Å². The van der Waals surface area contributed by atoms with Gasteiger partial charge in [-0.25, -0.2) is 4.98 Å². The van der Waals surface area contributed by atoms with Gasteiger partial charge >= 0.3 is 0 Å². The Balaban J connectivity index is 2.49. The molecular weight excluding hydrogens is 240 g/mol. The van der Waals surface area contributed by atoms with Gasteiger partial charge in [-0.3, -0.25) is 4.79 Å². The van der Waals surface area contributed by atoms with E-state index in [1.165, 1.54) is 12.3 Å². The van der Waals surface area contributed by atoms with Gasteiger partial charge in [-0.15, -0.1) is 0 Å². The van der Waals surface area contributed by atoms with E-state index >= 15 is 0 Å². The van der Waals surface area contributed by atoms with Gasteiger partial charge in [-0.2, -0.15) is 0 Å².